The van der Waals surface area contributed by atoms with Crippen molar-refractivity contribution in [2.45, 2.75) is 38.3 Å². The molecule has 8 nitrogen and oxygen atoms in total. The number of hydrogen-bond acceptors (Lipinski definition) is 6. The molecular weight excluding hydrogens is 463 g/mol. The van der Waals surface area contributed by atoms with Crippen molar-refractivity contribution >= 4 is 40.3 Å². The molecule has 1 aromatic carbocycles. The lowest BCUT2D eigenvalue weighted by atomic mass is 10.1. The zero-order valence-electron chi connectivity index (χ0n) is 17.8. The molecule has 0 atom stereocenters. The summed E-state index contributed by atoms with van der Waals surface area (Å²) in [4.78, 5) is 29.4. The lowest BCUT2D eigenvalue weighted by Gasteiger charge is -2.12. The van der Waals surface area contributed by atoms with Crippen molar-refractivity contribution in [1.29, 1.82) is 0 Å². The van der Waals surface area contributed by atoms with Gasteiger partial charge in [0.15, 0.2) is 11.2 Å². The van der Waals surface area contributed by atoms with Crippen molar-refractivity contribution in [1.82, 2.24) is 24.5 Å². The van der Waals surface area contributed by atoms with Gasteiger partial charge >= 0.3 is 0 Å². The van der Waals surface area contributed by atoms with Crippen LogP contribution in [0.1, 0.15) is 31.0 Å². The Morgan fingerprint density at radius 1 is 1.18 bits per heavy atom. The quantitative estimate of drug-likeness (QED) is 0.422. The largest absolute Gasteiger partial charge is 0.470 e. The SMILES string of the molecule is CC1(Oc2ncnc3c2nc(-c2ccc(CC(N)=O)cc2Cl)n3Cc2cc(Cl)ccn2)CC1. The highest BCUT2D eigenvalue weighted by molar-refractivity contribution is 6.33. The molecule has 0 unspecified atom stereocenters. The van der Waals surface area contributed by atoms with Crippen LogP contribution in [0, 0.1) is 0 Å². The number of ether oxygens (including phenoxy) is 1. The molecule has 0 radical (unpaired) electrons. The highest BCUT2D eigenvalue weighted by Gasteiger charge is 2.41. The van der Waals surface area contributed by atoms with E-state index in [0.29, 0.717) is 45.0 Å². The molecule has 0 bridgehead atoms. The maximum Gasteiger partial charge on any atom is 0.245 e. The van der Waals surface area contributed by atoms with Gasteiger partial charge in [-0.2, -0.15) is 4.98 Å². The second kappa shape index (κ2) is 8.28. The molecule has 0 aliphatic heterocycles. The predicted octanol–water partition coefficient (Wildman–Crippen LogP) is 4.20. The van der Waals surface area contributed by atoms with Crippen molar-refractivity contribution in [3.8, 4) is 17.3 Å². The van der Waals surface area contributed by atoms with E-state index in [4.69, 9.17) is 38.7 Å². The highest BCUT2D eigenvalue weighted by Crippen LogP contribution is 2.41. The maximum atomic E-state index is 11.3. The number of nitrogens with zero attached hydrogens (tertiary/aromatic N) is 5. The zero-order valence-corrected chi connectivity index (χ0v) is 19.3. The molecule has 1 aliphatic rings. The third-order valence-corrected chi connectivity index (χ3v) is 6.09. The normalized spacial score (nSPS) is 14.4. The van der Waals surface area contributed by atoms with Gasteiger partial charge in [-0.15, -0.1) is 0 Å². The van der Waals surface area contributed by atoms with Gasteiger partial charge < -0.3 is 15.0 Å². The van der Waals surface area contributed by atoms with Gasteiger partial charge in [0, 0.05) is 16.8 Å². The average Bonchev–Trinajstić information content (AvgIpc) is 3.37. The molecule has 3 heterocycles. The summed E-state index contributed by atoms with van der Waals surface area (Å²) in [7, 11) is 0. The van der Waals surface area contributed by atoms with Gasteiger partial charge in [-0.3, -0.25) is 9.78 Å². The van der Waals surface area contributed by atoms with Crippen LogP contribution in [0.15, 0.2) is 42.9 Å². The van der Waals surface area contributed by atoms with Crippen LogP contribution in [-0.2, 0) is 17.8 Å². The number of amides is 1. The fraction of sp³-hybridized carbons (Fsp3) is 0.261. The fourth-order valence-corrected chi connectivity index (χ4v) is 4.08. The Morgan fingerprint density at radius 3 is 2.70 bits per heavy atom. The molecule has 2 N–H and O–H groups in total. The van der Waals surface area contributed by atoms with E-state index in [1.807, 2.05) is 23.6 Å². The van der Waals surface area contributed by atoms with E-state index < -0.39 is 5.91 Å². The summed E-state index contributed by atoms with van der Waals surface area (Å²) in [6.07, 6.45) is 5.15. The van der Waals surface area contributed by atoms with E-state index in [0.717, 1.165) is 24.1 Å². The van der Waals surface area contributed by atoms with Gasteiger partial charge in [-0.05, 0) is 49.6 Å². The van der Waals surface area contributed by atoms with E-state index in [2.05, 4.69) is 15.0 Å². The molecule has 5 rings (SSSR count). The number of nitrogens with two attached hydrogens (primary N) is 1. The molecule has 33 heavy (non-hydrogen) atoms. The number of primary amides is 1. The van der Waals surface area contributed by atoms with Gasteiger partial charge in [0.2, 0.25) is 11.8 Å². The van der Waals surface area contributed by atoms with E-state index in [1.165, 1.54) is 6.33 Å². The summed E-state index contributed by atoms with van der Waals surface area (Å²) < 4.78 is 8.05. The second-order valence-electron chi connectivity index (χ2n) is 8.35. The number of hydrogen-bond donors (Lipinski definition) is 1. The molecule has 1 fully saturated rings. The summed E-state index contributed by atoms with van der Waals surface area (Å²) >= 11 is 12.8. The van der Waals surface area contributed by atoms with Crippen molar-refractivity contribution < 1.29 is 9.53 Å². The summed E-state index contributed by atoms with van der Waals surface area (Å²) in [5.74, 6) is 0.581. The molecule has 10 heteroatoms. The highest BCUT2D eigenvalue weighted by atomic mass is 35.5. The number of imidazole rings is 1. The predicted molar refractivity (Wildman–Crippen MR) is 125 cm³/mol. The van der Waals surface area contributed by atoms with Crippen LogP contribution in [0.4, 0.5) is 0 Å². The monoisotopic (exact) mass is 482 g/mol. The molecule has 0 spiro atoms. The molecule has 1 amide bonds. The first kappa shape index (κ1) is 21.6. The van der Waals surface area contributed by atoms with Crippen LogP contribution in [0.3, 0.4) is 0 Å². The molecule has 1 saturated carbocycles. The molecule has 3 aromatic heterocycles. The first-order valence-corrected chi connectivity index (χ1v) is 11.1. The van der Waals surface area contributed by atoms with Gasteiger partial charge in [0.1, 0.15) is 17.8 Å². The maximum absolute atomic E-state index is 11.3. The van der Waals surface area contributed by atoms with Crippen LogP contribution in [-0.4, -0.2) is 36.0 Å². The first-order chi connectivity index (χ1) is 15.8. The number of fused-ring (bicyclic) bond motifs is 1. The summed E-state index contributed by atoms with van der Waals surface area (Å²) in [5, 5.41) is 1.02. The molecule has 1 aliphatic carbocycles. The number of halogens is 2. The Hall–Kier alpha value is -3.23. The van der Waals surface area contributed by atoms with E-state index in [9.17, 15) is 4.79 Å². The lowest BCUT2D eigenvalue weighted by Crippen LogP contribution is -2.13. The summed E-state index contributed by atoms with van der Waals surface area (Å²) in [6.45, 7) is 2.41. The minimum Gasteiger partial charge on any atom is -0.470 e. The zero-order chi connectivity index (χ0) is 23.2. The topological polar surface area (TPSA) is 109 Å². The number of carbonyl (C=O) groups excluding carboxylic acids is 1. The first-order valence-electron chi connectivity index (χ1n) is 10.4. The summed E-state index contributed by atoms with van der Waals surface area (Å²) in [5.41, 5.74) is 8.37. The molecular formula is C23H20Cl2N6O2. The van der Waals surface area contributed by atoms with E-state index >= 15 is 0 Å². The summed E-state index contributed by atoms with van der Waals surface area (Å²) in [6, 6.07) is 8.86. The Balaban J connectivity index is 1.66. The number of rotatable bonds is 7. The van der Waals surface area contributed by atoms with Crippen LogP contribution in [0.25, 0.3) is 22.6 Å². The molecule has 168 valence electrons. The van der Waals surface area contributed by atoms with Crippen molar-refractivity contribution in [3.63, 3.8) is 0 Å². The molecule has 4 aromatic rings. The van der Waals surface area contributed by atoms with Crippen LogP contribution in [0.2, 0.25) is 10.0 Å². The van der Waals surface area contributed by atoms with Gasteiger partial charge in [0.05, 0.1) is 23.7 Å². The number of aromatic nitrogens is 5. The van der Waals surface area contributed by atoms with E-state index in [1.54, 1.807) is 24.4 Å². The van der Waals surface area contributed by atoms with Crippen molar-refractivity contribution in [3.05, 3.63) is 64.2 Å². The Labute approximate surface area is 199 Å². The van der Waals surface area contributed by atoms with Crippen molar-refractivity contribution in [2.75, 3.05) is 0 Å². The van der Waals surface area contributed by atoms with E-state index in [-0.39, 0.29) is 12.0 Å². The fourth-order valence-electron chi connectivity index (χ4n) is 3.61. The number of carbonyl (C=O) groups is 1. The Kier molecular flexibility index (Phi) is 5.42. The van der Waals surface area contributed by atoms with Crippen LogP contribution in [0.5, 0.6) is 5.88 Å². The van der Waals surface area contributed by atoms with Gasteiger partial charge in [-0.1, -0.05) is 29.3 Å². The standard InChI is InChI=1S/C23H20Cl2N6O2/c1-23(5-6-23)33-22-19-21(28-12-29-22)31(11-15-10-14(24)4-7-27-15)20(30-19)16-3-2-13(8-17(16)25)9-18(26)32/h2-4,7-8,10,12H,5-6,9,11H2,1H3,(H2,26,32). The van der Waals surface area contributed by atoms with Crippen LogP contribution >= 0.6 is 23.2 Å². The Bertz CT molecular complexity index is 1380. The third kappa shape index (κ3) is 4.49. The number of benzene rings is 1. The lowest BCUT2D eigenvalue weighted by molar-refractivity contribution is -0.117. The van der Waals surface area contributed by atoms with Crippen LogP contribution < -0.4 is 10.5 Å². The minimum atomic E-state index is -0.427. The average molecular weight is 483 g/mol. The minimum absolute atomic E-state index is 0.102. The third-order valence-electron chi connectivity index (χ3n) is 5.55. The number of pyridine rings is 1. The Morgan fingerprint density at radius 2 is 2.00 bits per heavy atom. The molecule has 0 saturated heterocycles. The van der Waals surface area contributed by atoms with Gasteiger partial charge in [-0.25, -0.2) is 9.97 Å². The van der Waals surface area contributed by atoms with Crippen molar-refractivity contribution in [2.24, 2.45) is 5.73 Å². The second-order valence-corrected chi connectivity index (χ2v) is 9.19. The van der Waals surface area contributed by atoms with Gasteiger partial charge in [0.25, 0.3) is 0 Å². The smallest absolute Gasteiger partial charge is 0.245 e.